The summed E-state index contributed by atoms with van der Waals surface area (Å²) in [4.78, 5) is 14.9. The van der Waals surface area contributed by atoms with E-state index in [1.54, 1.807) is 0 Å². The Morgan fingerprint density at radius 3 is 2.62 bits per heavy atom. The highest BCUT2D eigenvalue weighted by molar-refractivity contribution is 5.49. The Labute approximate surface area is 80.7 Å². The van der Waals surface area contributed by atoms with Crippen LogP contribution < -0.4 is 0 Å². The smallest absolute Gasteiger partial charge is 0.121 e. The normalized spacial score (nSPS) is 20.8. The first-order chi connectivity index (χ1) is 6.24. The van der Waals surface area contributed by atoms with Gasteiger partial charge >= 0.3 is 0 Å². The molecule has 0 aromatic heterocycles. The molecule has 0 N–H and O–H groups in total. The standard InChI is InChI=1S/C10H20N2O/c1-11-7-4-10(5-8-11)12(2)6-3-9-13/h9-10H,3-8H2,1-2H3. The maximum atomic E-state index is 10.2. The van der Waals surface area contributed by atoms with Crippen LogP contribution in [0.25, 0.3) is 0 Å². The van der Waals surface area contributed by atoms with Crippen molar-refractivity contribution in [1.29, 1.82) is 0 Å². The molecule has 3 nitrogen and oxygen atoms in total. The quantitative estimate of drug-likeness (QED) is 0.598. The second-order valence-corrected chi connectivity index (χ2v) is 3.97. The van der Waals surface area contributed by atoms with Crippen LogP contribution in [0.4, 0.5) is 0 Å². The highest BCUT2D eigenvalue weighted by Gasteiger charge is 2.19. The zero-order valence-corrected chi connectivity index (χ0v) is 8.70. The van der Waals surface area contributed by atoms with E-state index in [2.05, 4.69) is 23.9 Å². The fourth-order valence-corrected chi connectivity index (χ4v) is 1.87. The van der Waals surface area contributed by atoms with Crippen LogP contribution in [0.15, 0.2) is 0 Å². The molecule has 1 heterocycles. The van der Waals surface area contributed by atoms with Crippen LogP contribution in [0.1, 0.15) is 19.3 Å². The van der Waals surface area contributed by atoms with E-state index in [0.29, 0.717) is 12.5 Å². The molecule has 0 saturated carbocycles. The Morgan fingerprint density at radius 2 is 2.08 bits per heavy atom. The van der Waals surface area contributed by atoms with Crippen LogP contribution in [0.2, 0.25) is 0 Å². The van der Waals surface area contributed by atoms with Gasteiger partial charge in [-0.05, 0) is 40.0 Å². The summed E-state index contributed by atoms with van der Waals surface area (Å²) < 4.78 is 0. The topological polar surface area (TPSA) is 23.6 Å². The van der Waals surface area contributed by atoms with Crippen LogP contribution in [0.5, 0.6) is 0 Å². The van der Waals surface area contributed by atoms with Crippen LogP contribution in [0, 0.1) is 0 Å². The summed E-state index contributed by atoms with van der Waals surface area (Å²) in [6, 6.07) is 0.691. The molecule has 0 unspecified atom stereocenters. The molecule has 1 aliphatic heterocycles. The molecule has 0 bridgehead atoms. The first kappa shape index (κ1) is 10.7. The van der Waals surface area contributed by atoms with E-state index >= 15 is 0 Å². The molecule has 0 aliphatic carbocycles. The van der Waals surface area contributed by atoms with E-state index in [9.17, 15) is 4.79 Å². The van der Waals surface area contributed by atoms with Crippen molar-refractivity contribution in [3.63, 3.8) is 0 Å². The molecule has 0 aromatic carbocycles. The predicted octanol–water partition coefficient (Wildman–Crippen LogP) is 0.601. The summed E-state index contributed by atoms with van der Waals surface area (Å²) in [6.45, 7) is 3.30. The van der Waals surface area contributed by atoms with Gasteiger partial charge in [0, 0.05) is 19.0 Å². The van der Waals surface area contributed by atoms with Crippen LogP contribution >= 0.6 is 0 Å². The lowest BCUT2D eigenvalue weighted by Gasteiger charge is -2.34. The number of hydrogen-bond acceptors (Lipinski definition) is 3. The highest BCUT2D eigenvalue weighted by atomic mass is 16.1. The fourth-order valence-electron chi connectivity index (χ4n) is 1.87. The van der Waals surface area contributed by atoms with Crippen LogP contribution in [-0.2, 0) is 4.79 Å². The molecule has 1 saturated heterocycles. The molecule has 13 heavy (non-hydrogen) atoms. The molecule has 0 aromatic rings. The van der Waals surface area contributed by atoms with Gasteiger partial charge in [0.15, 0.2) is 0 Å². The number of likely N-dealkylation sites (tertiary alicyclic amines) is 1. The predicted molar refractivity (Wildman–Crippen MR) is 53.8 cm³/mol. The van der Waals surface area contributed by atoms with Gasteiger partial charge in [-0.3, -0.25) is 0 Å². The van der Waals surface area contributed by atoms with Gasteiger partial charge in [-0.1, -0.05) is 0 Å². The minimum atomic E-state index is 0.669. The van der Waals surface area contributed by atoms with Gasteiger partial charge in [-0.15, -0.1) is 0 Å². The number of rotatable bonds is 4. The van der Waals surface area contributed by atoms with E-state index < -0.39 is 0 Å². The molecule has 1 fully saturated rings. The average molecular weight is 184 g/mol. The Bertz CT molecular complexity index is 153. The Kier molecular flexibility index (Phi) is 4.39. The molecule has 0 amide bonds. The zero-order chi connectivity index (χ0) is 9.68. The molecule has 0 radical (unpaired) electrons. The lowest BCUT2D eigenvalue weighted by molar-refractivity contribution is -0.108. The SMILES string of the molecule is CN1CCC(N(C)CCC=O)CC1. The monoisotopic (exact) mass is 184 g/mol. The molecule has 1 aliphatic rings. The second-order valence-electron chi connectivity index (χ2n) is 3.97. The molecule has 1 rings (SSSR count). The van der Waals surface area contributed by atoms with Crippen molar-refractivity contribution in [2.24, 2.45) is 0 Å². The number of nitrogens with zero attached hydrogens (tertiary/aromatic N) is 2. The number of piperidine rings is 1. The van der Waals surface area contributed by atoms with E-state index in [-0.39, 0.29) is 0 Å². The summed E-state index contributed by atoms with van der Waals surface area (Å²) in [5, 5.41) is 0. The third-order valence-electron chi connectivity index (χ3n) is 2.91. The van der Waals surface area contributed by atoms with Crippen molar-refractivity contribution in [2.45, 2.75) is 25.3 Å². The third kappa shape index (κ3) is 3.44. The van der Waals surface area contributed by atoms with Gasteiger partial charge in [-0.25, -0.2) is 0 Å². The number of carbonyl (C=O) groups excluding carboxylic acids is 1. The average Bonchev–Trinajstić information content (AvgIpc) is 2.15. The Hall–Kier alpha value is -0.410. The minimum absolute atomic E-state index is 0.669. The number of carbonyl (C=O) groups is 1. The van der Waals surface area contributed by atoms with Crippen molar-refractivity contribution >= 4 is 6.29 Å². The van der Waals surface area contributed by atoms with Gasteiger partial charge in [0.1, 0.15) is 6.29 Å². The molecular formula is C10H20N2O. The largest absolute Gasteiger partial charge is 0.306 e. The molecule has 76 valence electrons. The number of hydrogen-bond donors (Lipinski definition) is 0. The second kappa shape index (κ2) is 5.35. The minimum Gasteiger partial charge on any atom is -0.306 e. The zero-order valence-electron chi connectivity index (χ0n) is 8.70. The first-order valence-electron chi connectivity index (χ1n) is 5.06. The van der Waals surface area contributed by atoms with E-state index in [1.165, 1.54) is 25.9 Å². The summed E-state index contributed by atoms with van der Waals surface area (Å²) in [7, 11) is 4.29. The van der Waals surface area contributed by atoms with Gasteiger partial charge < -0.3 is 14.6 Å². The molecular weight excluding hydrogens is 164 g/mol. The summed E-state index contributed by atoms with van der Waals surface area (Å²) >= 11 is 0. The lowest BCUT2D eigenvalue weighted by atomic mass is 10.0. The van der Waals surface area contributed by atoms with Crippen LogP contribution in [-0.4, -0.2) is 55.9 Å². The van der Waals surface area contributed by atoms with Gasteiger partial charge in [0.2, 0.25) is 0 Å². The lowest BCUT2D eigenvalue weighted by Crippen LogP contribution is -2.42. The van der Waals surface area contributed by atoms with Gasteiger partial charge in [0.05, 0.1) is 0 Å². The summed E-state index contributed by atoms with van der Waals surface area (Å²) in [6.07, 6.45) is 4.16. The van der Waals surface area contributed by atoms with Crippen molar-refractivity contribution in [2.75, 3.05) is 33.7 Å². The van der Waals surface area contributed by atoms with Crippen molar-refractivity contribution in [3.8, 4) is 0 Å². The maximum absolute atomic E-state index is 10.2. The van der Waals surface area contributed by atoms with Crippen LogP contribution in [0.3, 0.4) is 0 Å². The fraction of sp³-hybridized carbons (Fsp3) is 0.900. The van der Waals surface area contributed by atoms with E-state index in [4.69, 9.17) is 0 Å². The van der Waals surface area contributed by atoms with E-state index in [1.807, 2.05) is 0 Å². The first-order valence-corrected chi connectivity index (χ1v) is 5.06. The molecule has 3 heteroatoms. The van der Waals surface area contributed by atoms with Crippen molar-refractivity contribution < 1.29 is 4.79 Å². The molecule has 0 atom stereocenters. The van der Waals surface area contributed by atoms with E-state index in [0.717, 1.165) is 12.8 Å². The third-order valence-corrected chi connectivity index (χ3v) is 2.91. The van der Waals surface area contributed by atoms with Gasteiger partial charge in [0.25, 0.3) is 0 Å². The Balaban J connectivity index is 2.22. The maximum Gasteiger partial charge on any atom is 0.121 e. The van der Waals surface area contributed by atoms with Crippen molar-refractivity contribution in [1.82, 2.24) is 9.80 Å². The number of aldehydes is 1. The summed E-state index contributed by atoms with van der Waals surface area (Å²) in [5.74, 6) is 0. The highest BCUT2D eigenvalue weighted by Crippen LogP contribution is 2.13. The Morgan fingerprint density at radius 1 is 1.46 bits per heavy atom. The van der Waals surface area contributed by atoms with Crippen molar-refractivity contribution in [3.05, 3.63) is 0 Å². The molecule has 0 spiro atoms. The summed E-state index contributed by atoms with van der Waals surface area (Å²) in [5.41, 5.74) is 0. The van der Waals surface area contributed by atoms with Gasteiger partial charge in [-0.2, -0.15) is 0 Å².